The maximum atomic E-state index is 5.91. The van der Waals surface area contributed by atoms with Crippen molar-refractivity contribution >= 4 is 11.6 Å². The highest BCUT2D eigenvalue weighted by Gasteiger charge is 2.14. The summed E-state index contributed by atoms with van der Waals surface area (Å²) in [6, 6.07) is 0. The van der Waals surface area contributed by atoms with E-state index in [1.54, 1.807) is 14.2 Å². The SMILES string of the molecule is COCCCN(CCOC)c1nc(C)nc(N)c1C. The van der Waals surface area contributed by atoms with Crippen molar-refractivity contribution in [1.29, 1.82) is 0 Å². The van der Waals surface area contributed by atoms with Crippen LogP contribution in [0.15, 0.2) is 0 Å². The van der Waals surface area contributed by atoms with E-state index in [0.717, 1.165) is 37.5 Å². The molecule has 1 aromatic rings. The third-order valence-electron chi connectivity index (χ3n) is 2.91. The van der Waals surface area contributed by atoms with E-state index < -0.39 is 0 Å². The molecule has 0 aromatic carbocycles. The van der Waals surface area contributed by atoms with Gasteiger partial charge in [0.1, 0.15) is 17.5 Å². The van der Waals surface area contributed by atoms with Gasteiger partial charge in [-0.05, 0) is 20.3 Å². The Balaban J connectivity index is 2.88. The van der Waals surface area contributed by atoms with Crippen LogP contribution in [0.2, 0.25) is 0 Å². The van der Waals surface area contributed by atoms with Gasteiger partial charge in [-0.25, -0.2) is 9.97 Å². The molecule has 0 aliphatic heterocycles. The Labute approximate surface area is 114 Å². The van der Waals surface area contributed by atoms with E-state index >= 15 is 0 Å². The largest absolute Gasteiger partial charge is 0.385 e. The highest BCUT2D eigenvalue weighted by Crippen LogP contribution is 2.21. The van der Waals surface area contributed by atoms with Gasteiger partial charge in [-0.15, -0.1) is 0 Å². The zero-order valence-electron chi connectivity index (χ0n) is 12.3. The Hall–Kier alpha value is -1.40. The normalized spacial score (nSPS) is 10.7. The first kappa shape index (κ1) is 15.7. The molecule has 6 nitrogen and oxygen atoms in total. The molecule has 0 bridgehead atoms. The number of nitrogens with zero attached hydrogens (tertiary/aromatic N) is 3. The third kappa shape index (κ3) is 4.65. The van der Waals surface area contributed by atoms with Crippen LogP contribution >= 0.6 is 0 Å². The Morgan fingerprint density at radius 2 is 1.74 bits per heavy atom. The van der Waals surface area contributed by atoms with Crippen molar-refractivity contribution in [3.8, 4) is 0 Å². The first-order chi connectivity index (χ1) is 9.10. The van der Waals surface area contributed by atoms with Crippen LogP contribution in [0.5, 0.6) is 0 Å². The van der Waals surface area contributed by atoms with Gasteiger partial charge in [0, 0.05) is 39.5 Å². The van der Waals surface area contributed by atoms with Gasteiger partial charge in [0.05, 0.1) is 6.61 Å². The molecule has 0 amide bonds. The molecule has 1 rings (SSSR count). The van der Waals surface area contributed by atoms with Gasteiger partial charge in [0.15, 0.2) is 0 Å². The second-order valence-corrected chi connectivity index (χ2v) is 4.43. The number of aromatic nitrogens is 2. The second kappa shape index (κ2) is 7.91. The highest BCUT2D eigenvalue weighted by atomic mass is 16.5. The Kier molecular flexibility index (Phi) is 6.52. The lowest BCUT2D eigenvalue weighted by Crippen LogP contribution is -2.31. The summed E-state index contributed by atoms with van der Waals surface area (Å²) in [4.78, 5) is 10.9. The number of ether oxygens (including phenoxy) is 2. The van der Waals surface area contributed by atoms with Gasteiger partial charge < -0.3 is 20.1 Å². The lowest BCUT2D eigenvalue weighted by atomic mass is 10.2. The van der Waals surface area contributed by atoms with Crippen LogP contribution in [0.1, 0.15) is 17.8 Å². The molecule has 108 valence electrons. The van der Waals surface area contributed by atoms with Crippen LogP contribution in [0.25, 0.3) is 0 Å². The summed E-state index contributed by atoms with van der Waals surface area (Å²) >= 11 is 0. The van der Waals surface area contributed by atoms with Crippen molar-refractivity contribution in [3.63, 3.8) is 0 Å². The van der Waals surface area contributed by atoms with Crippen LogP contribution in [-0.4, -0.2) is 50.5 Å². The summed E-state index contributed by atoms with van der Waals surface area (Å²) in [5.74, 6) is 2.11. The lowest BCUT2D eigenvalue weighted by Gasteiger charge is -2.25. The number of hydrogen-bond acceptors (Lipinski definition) is 6. The molecule has 6 heteroatoms. The first-order valence-electron chi connectivity index (χ1n) is 6.43. The molecular formula is C13H24N4O2. The average molecular weight is 268 g/mol. The molecule has 1 aromatic heterocycles. The molecule has 0 radical (unpaired) electrons. The first-order valence-corrected chi connectivity index (χ1v) is 6.43. The number of aryl methyl sites for hydroxylation is 1. The van der Waals surface area contributed by atoms with E-state index in [1.807, 2.05) is 13.8 Å². The predicted molar refractivity (Wildman–Crippen MR) is 76.5 cm³/mol. The molecule has 19 heavy (non-hydrogen) atoms. The van der Waals surface area contributed by atoms with E-state index in [0.29, 0.717) is 18.2 Å². The van der Waals surface area contributed by atoms with Gasteiger partial charge in [-0.2, -0.15) is 0 Å². The fourth-order valence-corrected chi connectivity index (χ4v) is 1.87. The molecular weight excluding hydrogens is 244 g/mol. The van der Waals surface area contributed by atoms with Gasteiger partial charge >= 0.3 is 0 Å². The zero-order chi connectivity index (χ0) is 14.3. The topological polar surface area (TPSA) is 73.5 Å². The Bertz CT molecular complexity index is 398. The molecule has 0 unspecified atom stereocenters. The maximum Gasteiger partial charge on any atom is 0.137 e. The van der Waals surface area contributed by atoms with E-state index in [9.17, 15) is 0 Å². The summed E-state index contributed by atoms with van der Waals surface area (Å²) in [5.41, 5.74) is 6.82. The van der Waals surface area contributed by atoms with Crippen molar-refractivity contribution < 1.29 is 9.47 Å². The third-order valence-corrected chi connectivity index (χ3v) is 2.91. The molecule has 0 aliphatic carbocycles. The second-order valence-electron chi connectivity index (χ2n) is 4.43. The standard InChI is InChI=1S/C13H24N4O2/c1-10-12(14)15-11(2)16-13(10)17(7-9-19-4)6-5-8-18-3/h5-9H2,1-4H3,(H2,14,15,16). The molecule has 0 spiro atoms. The number of rotatable bonds is 8. The Morgan fingerprint density at radius 3 is 2.37 bits per heavy atom. The number of hydrogen-bond donors (Lipinski definition) is 1. The number of nitrogen functional groups attached to an aromatic ring is 1. The summed E-state index contributed by atoms with van der Waals surface area (Å²) in [7, 11) is 3.40. The van der Waals surface area contributed by atoms with Crippen molar-refractivity contribution in [1.82, 2.24) is 9.97 Å². The van der Waals surface area contributed by atoms with Crippen molar-refractivity contribution in [2.45, 2.75) is 20.3 Å². The smallest absolute Gasteiger partial charge is 0.137 e. The van der Waals surface area contributed by atoms with Crippen molar-refractivity contribution in [2.24, 2.45) is 0 Å². The van der Waals surface area contributed by atoms with Crippen LogP contribution in [0.4, 0.5) is 11.6 Å². The van der Waals surface area contributed by atoms with Crippen LogP contribution < -0.4 is 10.6 Å². The van der Waals surface area contributed by atoms with E-state index in [4.69, 9.17) is 15.2 Å². The van der Waals surface area contributed by atoms with Gasteiger partial charge in [0.2, 0.25) is 0 Å². The fourth-order valence-electron chi connectivity index (χ4n) is 1.87. The molecule has 0 fully saturated rings. The quantitative estimate of drug-likeness (QED) is 0.713. The van der Waals surface area contributed by atoms with Gasteiger partial charge in [0.25, 0.3) is 0 Å². The van der Waals surface area contributed by atoms with Crippen LogP contribution in [0.3, 0.4) is 0 Å². The lowest BCUT2D eigenvalue weighted by molar-refractivity contribution is 0.191. The van der Waals surface area contributed by atoms with Crippen LogP contribution in [0, 0.1) is 13.8 Å². The number of anilines is 2. The maximum absolute atomic E-state index is 5.91. The average Bonchev–Trinajstić information content (AvgIpc) is 2.38. The number of nitrogens with two attached hydrogens (primary N) is 1. The monoisotopic (exact) mass is 268 g/mol. The molecule has 0 atom stereocenters. The summed E-state index contributed by atoms with van der Waals surface area (Å²) < 4.78 is 10.2. The van der Waals surface area contributed by atoms with Gasteiger partial charge in [-0.1, -0.05) is 0 Å². The van der Waals surface area contributed by atoms with E-state index in [2.05, 4.69) is 14.9 Å². The van der Waals surface area contributed by atoms with Crippen molar-refractivity contribution in [3.05, 3.63) is 11.4 Å². The highest BCUT2D eigenvalue weighted by molar-refractivity contribution is 5.56. The fraction of sp³-hybridized carbons (Fsp3) is 0.692. The predicted octanol–water partition coefficient (Wildman–Crippen LogP) is 1.16. The minimum Gasteiger partial charge on any atom is -0.385 e. The van der Waals surface area contributed by atoms with E-state index in [1.165, 1.54) is 0 Å². The molecule has 0 aliphatic rings. The molecule has 2 N–H and O–H groups in total. The minimum atomic E-state index is 0.539. The zero-order valence-corrected chi connectivity index (χ0v) is 12.3. The van der Waals surface area contributed by atoms with E-state index in [-0.39, 0.29) is 0 Å². The molecule has 0 saturated carbocycles. The number of methoxy groups -OCH3 is 2. The summed E-state index contributed by atoms with van der Waals surface area (Å²) in [6.07, 6.45) is 0.933. The summed E-state index contributed by atoms with van der Waals surface area (Å²) in [5, 5.41) is 0. The molecule has 0 saturated heterocycles. The van der Waals surface area contributed by atoms with Crippen molar-refractivity contribution in [2.75, 3.05) is 51.2 Å². The van der Waals surface area contributed by atoms with Crippen LogP contribution in [-0.2, 0) is 9.47 Å². The van der Waals surface area contributed by atoms with Gasteiger partial charge in [-0.3, -0.25) is 0 Å². The minimum absolute atomic E-state index is 0.539. The summed E-state index contributed by atoms with van der Waals surface area (Å²) in [6.45, 7) is 6.80. The molecule has 1 heterocycles. The Morgan fingerprint density at radius 1 is 1.05 bits per heavy atom.